The van der Waals surface area contributed by atoms with Crippen molar-refractivity contribution in [3.63, 3.8) is 0 Å². The van der Waals surface area contributed by atoms with Gasteiger partial charge in [0.05, 0.1) is 11.5 Å². The van der Waals surface area contributed by atoms with Crippen molar-refractivity contribution in [2.75, 3.05) is 6.61 Å². The fourth-order valence-corrected chi connectivity index (χ4v) is 2.21. The van der Waals surface area contributed by atoms with E-state index in [1.807, 2.05) is 0 Å². The summed E-state index contributed by atoms with van der Waals surface area (Å²) in [6.07, 6.45) is 0.968. The maximum atomic E-state index is 11.2. The van der Waals surface area contributed by atoms with E-state index in [1.165, 1.54) is 6.07 Å². The third kappa shape index (κ3) is 4.36. The van der Waals surface area contributed by atoms with E-state index in [-0.39, 0.29) is 4.90 Å². The monoisotopic (exact) mass is 257 g/mol. The lowest BCUT2D eigenvalue weighted by Gasteiger charge is -2.10. The Labute approximate surface area is 103 Å². The first kappa shape index (κ1) is 14.0. The van der Waals surface area contributed by atoms with Crippen LogP contribution in [0.1, 0.15) is 25.8 Å². The molecule has 1 rings (SSSR count). The number of primary sulfonamides is 1. The van der Waals surface area contributed by atoms with Crippen molar-refractivity contribution in [1.29, 1.82) is 0 Å². The zero-order valence-electron chi connectivity index (χ0n) is 10.4. The average Bonchev–Trinajstić information content (AvgIpc) is 2.14. The summed E-state index contributed by atoms with van der Waals surface area (Å²) < 4.78 is 27.9. The Bertz CT molecular complexity index is 481. The molecule has 96 valence electrons. The minimum atomic E-state index is -3.64. The Balaban J connectivity index is 2.76. The van der Waals surface area contributed by atoms with Gasteiger partial charge < -0.3 is 4.74 Å². The topological polar surface area (TPSA) is 69.4 Å². The predicted molar refractivity (Wildman–Crippen MR) is 67.5 cm³/mol. The van der Waals surface area contributed by atoms with Crippen LogP contribution >= 0.6 is 0 Å². The molecule has 1 aromatic rings. The molecule has 0 heterocycles. The molecular weight excluding hydrogens is 238 g/mol. The minimum Gasteiger partial charge on any atom is -0.494 e. The Kier molecular flexibility index (Phi) is 4.54. The van der Waals surface area contributed by atoms with Gasteiger partial charge >= 0.3 is 0 Å². The maximum absolute atomic E-state index is 11.2. The number of aryl methyl sites for hydroxylation is 1. The highest BCUT2D eigenvalue weighted by Gasteiger charge is 2.11. The van der Waals surface area contributed by atoms with Gasteiger partial charge in [-0.25, -0.2) is 13.6 Å². The average molecular weight is 257 g/mol. The van der Waals surface area contributed by atoms with Crippen LogP contribution in [0.3, 0.4) is 0 Å². The second kappa shape index (κ2) is 5.51. The number of hydrogen-bond acceptors (Lipinski definition) is 3. The van der Waals surface area contributed by atoms with E-state index in [4.69, 9.17) is 9.88 Å². The van der Waals surface area contributed by atoms with Crippen molar-refractivity contribution in [3.8, 4) is 5.75 Å². The Morgan fingerprint density at radius 2 is 2.00 bits per heavy atom. The Hall–Kier alpha value is -1.07. The molecule has 0 unspecified atom stereocenters. The molecule has 0 atom stereocenters. The summed E-state index contributed by atoms with van der Waals surface area (Å²) in [4.78, 5) is 0.147. The lowest BCUT2D eigenvalue weighted by atomic mass is 10.1. The van der Waals surface area contributed by atoms with Crippen molar-refractivity contribution in [2.24, 2.45) is 11.1 Å². The van der Waals surface area contributed by atoms with E-state index in [9.17, 15) is 8.42 Å². The summed E-state index contributed by atoms with van der Waals surface area (Å²) in [7, 11) is -3.64. The van der Waals surface area contributed by atoms with Gasteiger partial charge in [-0.3, -0.25) is 0 Å². The van der Waals surface area contributed by atoms with Gasteiger partial charge in [-0.05, 0) is 43.0 Å². The fraction of sp³-hybridized carbons (Fsp3) is 0.500. The van der Waals surface area contributed by atoms with Gasteiger partial charge in [-0.1, -0.05) is 13.8 Å². The lowest BCUT2D eigenvalue weighted by molar-refractivity contribution is 0.289. The largest absolute Gasteiger partial charge is 0.494 e. The normalized spacial score (nSPS) is 11.8. The Morgan fingerprint density at radius 1 is 1.35 bits per heavy atom. The summed E-state index contributed by atoms with van der Waals surface area (Å²) >= 11 is 0. The van der Waals surface area contributed by atoms with Gasteiger partial charge in [0.25, 0.3) is 0 Å². The van der Waals surface area contributed by atoms with Crippen LogP contribution in [0.15, 0.2) is 23.1 Å². The number of benzene rings is 1. The van der Waals surface area contributed by atoms with Gasteiger partial charge in [-0.2, -0.15) is 0 Å². The summed E-state index contributed by atoms with van der Waals surface area (Å²) in [6.45, 7) is 6.58. The molecule has 17 heavy (non-hydrogen) atoms. The molecule has 0 aliphatic carbocycles. The minimum absolute atomic E-state index is 0.147. The molecule has 0 aliphatic rings. The van der Waals surface area contributed by atoms with Gasteiger partial charge in [0, 0.05) is 0 Å². The van der Waals surface area contributed by atoms with E-state index < -0.39 is 10.0 Å². The summed E-state index contributed by atoms with van der Waals surface area (Å²) in [5.41, 5.74) is 0.606. The molecule has 0 saturated heterocycles. The van der Waals surface area contributed by atoms with Crippen molar-refractivity contribution in [2.45, 2.75) is 32.1 Å². The predicted octanol–water partition coefficient (Wildman–Crippen LogP) is 2.07. The molecule has 0 amide bonds. The van der Waals surface area contributed by atoms with Gasteiger partial charge in [-0.15, -0.1) is 0 Å². The summed E-state index contributed by atoms with van der Waals surface area (Å²) in [6, 6.07) is 4.81. The number of ether oxygens (including phenoxy) is 1. The fourth-order valence-electron chi connectivity index (χ4n) is 1.44. The van der Waals surface area contributed by atoms with Crippen LogP contribution in [0, 0.1) is 12.8 Å². The molecule has 0 bridgehead atoms. The molecule has 0 saturated carbocycles. The first-order valence-electron chi connectivity index (χ1n) is 5.57. The third-order valence-corrected chi connectivity index (χ3v) is 3.49. The van der Waals surface area contributed by atoms with Crippen LogP contribution in [0.25, 0.3) is 0 Å². The van der Waals surface area contributed by atoms with E-state index in [0.717, 1.165) is 6.42 Å². The summed E-state index contributed by atoms with van der Waals surface area (Å²) in [5, 5.41) is 5.08. The van der Waals surface area contributed by atoms with Crippen LogP contribution < -0.4 is 9.88 Å². The standard InChI is InChI=1S/C12H19NO3S/c1-9(2)6-7-16-11-4-5-12(10(3)8-11)17(13,14)15/h4-5,8-9H,6-7H2,1-3H3,(H2,13,14,15). The van der Waals surface area contributed by atoms with E-state index >= 15 is 0 Å². The smallest absolute Gasteiger partial charge is 0.238 e. The van der Waals surface area contributed by atoms with Crippen molar-refractivity contribution in [1.82, 2.24) is 0 Å². The highest BCUT2D eigenvalue weighted by molar-refractivity contribution is 7.89. The van der Waals surface area contributed by atoms with E-state index in [0.29, 0.717) is 23.8 Å². The van der Waals surface area contributed by atoms with Crippen LogP contribution in [-0.4, -0.2) is 15.0 Å². The third-order valence-electron chi connectivity index (χ3n) is 2.42. The van der Waals surface area contributed by atoms with Gasteiger partial charge in [0.1, 0.15) is 5.75 Å². The Morgan fingerprint density at radius 3 is 2.47 bits per heavy atom. The molecular formula is C12H19NO3S. The molecule has 0 radical (unpaired) electrons. The SMILES string of the molecule is Cc1cc(OCCC(C)C)ccc1S(N)(=O)=O. The highest BCUT2D eigenvalue weighted by atomic mass is 32.2. The van der Waals surface area contributed by atoms with Gasteiger partial charge in [0.2, 0.25) is 10.0 Å². The van der Waals surface area contributed by atoms with Crippen molar-refractivity contribution in [3.05, 3.63) is 23.8 Å². The van der Waals surface area contributed by atoms with Crippen LogP contribution in [-0.2, 0) is 10.0 Å². The number of hydrogen-bond donors (Lipinski definition) is 1. The number of rotatable bonds is 5. The number of nitrogens with two attached hydrogens (primary N) is 1. The van der Waals surface area contributed by atoms with Crippen LogP contribution in [0.5, 0.6) is 5.75 Å². The molecule has 0 aromatic heterocycles. The first-order chi connectivity index (χ1) is 7.80. The zero-order valence-corrected chi connectivity index (χ0v) is 11.3. The molecule has 1 aromatic carbocycles. The van der Waals surface area contributed by atoms with E-state index in [2.05, 4.69) is 13.8 Å². The molecule has 0 spiro atoms. The quantitative estimate of drug-likeness (QED) is 0.877. The molecule has 0 fully saturated rings. The second-order valence-corrected chi connectivity index (χ2v) is 6.03. The van der Waals surface area contributed by atoms with Crippen LogP contribution in [0.2, 0.25) is 0 Å². The molecule has 0 aliphatic heterocycles. The molecule has 5 heteroatoms. The van der Waals surface area contributed by atoms with Crippen molar-refractivity contribution < 1.29 is 13.2 Å². The zero-order chi connectivity index (χ0) is 13.1. The first-order valence-corrected chi connectivity index (χ1v) is 7.11. The van der Waals surface area contributed by atoms with Crippen LogP contribution in [0.4, 0.5) is 0 Å². The molecule has 2 N–H and O–H groups in total. The lowest BCUT2D eigenvalue weighted by Crippen LogP contribution is -2.13. The summed E-state index contributed by atoms with van der Waals surface area (Å²) in [5.74, 6) is 1.26. The highest BCUT2D eigenvalue weighted by Crippen LogP contribution is 2.20. The second-order valence-electron chi connectivity index (χ2n) is 4.50. The number of sulfonamides is 1. The van der Waals surface area contributed by atoms with E-state index in [1.54, 1.807) is 19.1 Å². The molecule has 4 nitrogen and oxygen atoms in total. The van der Waals surface area contributed by atoms with Gasteiger partial charge in [0.15, 0.2) is 0 Å². The van der Waals surface area contributed by atoms with Crippen molar-refractivity contribution >= 4 is 10.0 Å². The maximum Gasteiger partial charge on any atom is 0.238 e.